The van der Waals surface area contributed by atoms with Crippen molar-refractivity contribution >= 4 is 5.91 Å². The van der Waals surface area contributed by atoms with Crippen LogP contribution in [0.3, 0.4) is 0 Å². The number of carbonyl (C=O) groups is 1. The number of rotatable bonds is 4. The Morgan fingerprint density at radius 2 is 1.96 bits per heavy atom. The van der Waals surface area contributed by atoms with Gasteiger partial charge in [0.15, 0.2) is 0 Å². The highest BCUT2D eigenvalue weighted by atomic mass is 16.1. The Morgan fingerprint density at radius 1 is 1.26 bits per heavy atom. The van der Waals surface area contributed by atoms with Gasteiger partial charge in [0.2, 0.25) is 5.91 Å². The van der Waals surface area contributed by atoms with E-state index in [9.17, 15) is 4.79 Å². The molecule has 2 N–H and O–H groups in total. The van der Waals surface area contributed by atoms with E-state index in [2.05, 4.69) is 22.7 Å². The van der Waals surface area contributed by atoms with Crippen molar-refractivity contribution in [1.29, 1.82) is 0 Å². The quantitative estimate of drug-likeness (QED) is 0.909. The second-order valence-electron chi connectivity index (χ2n) is 6.14. The van der Waals surface area contributed by atoms with Gasteiger partial charge in [0.05, 0.1) is 11.4 Å². The molecule has 0 radical (unpaired) electrons. The molecule has 1 saturated heterocycles. The summed E-state index contributed by atoms with van der Waals surface area (Å²) in [6, 6.07) is 10.1. The van der Waals surface area contributed by atoms with Crippen molar-refractivity contribution in [2.24, 2.45) is 5.92 Å². The molecule has 2 aromatic rings. The van der Waals surface area contributed by atoms with Crippen molar-refractivity contribution in [2.45, 2.75) is 33.2 Å². The molecule has 3 rings (SSSR count). The Morgan fingerprint density at radius 3 is 2.65 bits per heavy atom. The van der Waals surface area contributed by atoms with Gasteiger partial charge in [-0.05, 0) is 51.9 Å². The molecule has 0 saturated carbocycles. The third-order valence-electron chi connectivity index (χ3n) is 4.59. The van der Waals surface area contributed by atoms with Gasteiger partial charge >= 0.3 is 0 Å². The van der Waals surface area contributed by atoms with Crippen LogP contribution in [0.1, 0.15) is 29.8 Å². The first kappa shape index (κ1) is 15.7. The summed E-state index contributed by atoms with van der Waals surface area (Å²) in [7, 11) is 0. The first-order valence-electron chi connectivity index (χ1n) is 8.26. The van der Waals surface area contributed by atoms with Crippen LogP contribution in [0.2, 0.25) is 0 Å². The van der Waals surface area contributed by atoms with Crippen LogP contribution >= 0.6 is 0 Å². The van der Waals surface area contributed by atoms with Crippen LogP contribution in [0.5, 0.6) is 0 Å². The fraction of sp³-hybridized carbons (Fsp3) is 0.444. The van der Waals surface area contributed by atoms with Gasteiger partial charge in [-0.25, -0.2) is 4.68 Å². The molecule has 1 aromatic heterocycles. The number of benzene rings is 1. The molecule has 1 amide bonds. The highest BCUT2D eigenvalue weighted by molar-refractivity contribution is 5.78. The monoisotopic (exact) mass is 312 g/mol. The Balaban J connectivity index is 1.71. The number of piperidine rings is 1. The van der Waals surface area contributed by atoms with Crippen LogP contribution in [0.4, 0.5) is 0 Å². The summed E-state index contributed by atoms with van der Waals surface area (Å²) in [4.78, 5) is 12.3. The number of carbonyl (C=O) groups excluding carboxylic acids is 1. The molecule has 0 atom stereocenters. The molecule has 1 aliphatic heterocycles. The van der Waals surface area contributed by atoms with Gasteiger partial charge in [-0.15, -0.1) is 0 Å². The molecule has 1 aromatic carbocycles. The molecule has 5 nitrogen and oxygen atoms in total. The van der Waals surface area contributed by atoms with Gasteiger partial charge in [-0.2, -0.15) is 5.10 Å². The number of hydrogen-bond donors (Lipinski definition) is 2. The Hall–Kier alpha value is -2.14. The van der Waals surface area contributed by atoms with Crippen LogP contribution in [0.15, 0.2) is 30.3 Å². The molecular weight excluding hydrogens is 288 g/mol. The van der Waals surface area contributed by atoms with Crippen molar-refractivity contribution in [1.82, 2.24) is 20.4 Å². The van der Waals surface area contributed by atoms with Gasteiger partial charge in [-0.1, -0.05) is 18.2 Å². The van der Waals surface area contributed by atoms with Crippen LogP contribution in [0.25, 0.3) is 5.69 Å². The average Bonchev–Trinajstić information content (AvgIpc) is 2.88. The summed E-state index contributed by atoms with van der Waals surface area (Å²) < 4.78 is 1.95. The number of nitrogens with zero attached hydrogens (tertiary/aromatic N) is 2. The minimum absolute atomic E-state index is 0.140. The van der Waals surface area contributed by atoms with Crippen molar-refractivity contribution in [3.8, 4) is 5.69 Å². The van der Waals surface area contributed by atoms with E-state index in [-0.39, 0.29) is 11.8 Å². The lowest BCUT2D eigenvalue weighted by molar-refractivity contribution is -0.125. The molecule has 0 spiro atoms. The summed E-state index contributed by atoms with van der Waals surface area (Å²) >= 11 is 0. The van der Waals surface area contributed by atoms with Crippen LogP contribution in [-0.2, 0) is 11.3 Å². The zero-order chi connectivity index (χ0) is 16.2. The summed E-state index contributed by atoms with van der Waals surface area (Å²) in [5.74, 6) is 0.304. The maximum Gasteiger partial charge on any atom is 0.223 e. The molecule has 0 unspecified atom stereocenters. The first-order chi connectivity index (χ1) is 11.2. The van der Waals surface area contributed by atoms with E-state index in [1.165, 1.54) is 0 Å². The molecule has 23 heavy (non-hydrogen) atoms. The predicted octanol–water partition coefficient (Wildman–Crippen LogP) is 2.10. The maximum atomic E-state index is 12.3. The summed E-state index contributed by atoms with van der Waals surface area (Å²) in [5, 5.41) is 11.0. The average molecular weight is 312 g/mol. The Bertz CT molecular complexity index is 672. The minimum Gasteiger partial charge on any atom is -0.352 e. The highest BCUT2D eigenvalue weighted by Crippen LogP contribution is 2.18. The zero-order valence-electron chi connectivity index (χ0n) is 13.8. The van der Waals surface area contributed by atoms with Crippen molar-refractivity contribution < 1.29 is 4.79 Å². The van der Waals surface area contributed by atoms with E-state index >= 15 is 0 Å². The van der Waals surface area contributed by atoms with E-state index in [0.29, 0.717) is 6.54 Å². The Kier molecular flexibility index (Phi) is 4.76. The second kappa shape index (κ2) is 6.96. The molecule has 5 heteroatoms. The molecule has 122 valence electrons. The van der Waals surface area contributed by atoms with Crippen molar-refractivity contribution in [3.63, 3.8) is 0 Å². The summed E-state index contributed by atoms with van der Waals surface area (Å²) in [6.45, 7) is 6.47. The zero-order valence-corrected chi connectivity index (χ0v) is 13.8. The fourth-order valence-electron chi connectivity index (χ4n) is 3.16. The van der Waals surface area contributed by atoms with E-state index in [0.717, 1.165) is 48.6 Å². The third kappa shape index (κ3) is 3.45. The first-order valence-corrected chi connectivity index (χ1v) is 8.26. The number of amides is 1. The standard InChI is InChI=1S/C18H24N4O/c1-13-17(12-20-18(23)15-8-10-19-11-9-15)14(2)22(21-13)16-6-4-3-5-7-16/h3-7,15,19H,8-12H2,1-2H3,(H,20,23). The molecule has 0 bridgehead atoms. The highest BCUT2D eigenvalue weighted by Gasteiger charge is 2.21. The predicted molar refractivity (Wildman–Crippen MR) is 90.5 cm³/mol. The molecule has 0 aliphatic carbocycles. The Labute approximate surface area is 137 Å². The van der Waals surface area contributed by atoms with E-state index < -0.39 is 0 Å². The van der Waals surface area contributed by atoms with Crippen LogP contribution in [-0.4, -0.2) is 28.8 Å². The van der Waals surface area contributed by atoms with E-state index in [1.54, 1.807) is 0 Å². The van der Waals surface area contributed by atoms with Gasteiger partial charge in [0.1, 0.15) is 0 Å². The number of aryl methyl sites for hydroxylation is 1. The number of aromatic nitrogens is 2. The van der Waals surface area contributed by atoms with Gasteiger partial charge in [0, 0.05) is 23.7 Å². The number of hydrogen-bond acceptors (Lipinski definition) is 3. The second-order valence-corrected chi connectivity index (χ2v) is 6.14. The van der Waals surface area contributed by atoms with E-state index in [1.807, 2.05) is 41.9 Å². The molecule has 1 aliphatic rings. The van der Waals surface area contributed by atoms with E-state index in [4.69, 9.17) is 0 Å². The SMILES string of the molecule is Cc1nn(-c2ccccc2)c(C)c1CNC(=O)C1CCNCC1. The lowest BCUT2D eigenvalue weighted by atomic mass is 9.97. The fourth-order valence-corrected chi connectivity index (χ4v) is 3.16. The van der Waals surface area contributed by atoms with Gasteiger partial charge in [-0.3, -0.25) is 4.79 Å². The minimum atomic E-state index is 0.140. The molecule has 2 heterocycles. The lowest BCUT2D eigenvalue weighted by Gasteiger charge is -2.21. The summed E-state index contributed by atoms with van der Waals surface area (Å²) in [6.07, 6.45) is 1.85. The van der Waals surface area contributed by atoms with Crippen LogP contribution < -0.4 is 10.6 Å². The third-order valence-corrected chi connectivity index (χ3v) is 4.59. The topological polar surface area (TPSA) is 59.0 Å². The van der Waals surface area contributed by atoms with Gasteiger partial charge in [0.25, 0.3) is 0 Å². The lowest BCUT2D eigenvalue weighted by Crippen LogP contribution is -2.38. The smallest absolute Gasteiger partial charge is 0.223 e. The maximum absolute atomic E-state index is 12.3. The largest absolute Gasteiger partial charge is 0.352 e. The van der Waals surface area contributed by atoms with Crippen molar-refractivity contribution in [3.05, 3.63) is 47.3 Å². The molecular formula is C18H24N4O. The summed E-state index contributed by atoms with van der Waals surface area (Å²) in [5.41, 5.74) is 4.21. The number of nitrogens with one attached hydrogen (secondary N) is 2. The number of para-hydroxylation sites is 1. The molecule has 1 fully saturated rings. The van der Waals surface area contributed by atoms with Crippen LogP contribution in [0, 0.1) is 19.8 Å². The van der Waals surface area contributed by atoms with Gasteiger partial charge < -0.3 is 10.6 Å². The van der Waals surface area contributed by atoms with Crippen molar-refractivity contribution in [2.75, 3.05) is 13.1 Å². The normalized spacial score (nSPS) is 15.6.